The molecular formula is C26H34F2N2O4Si. The average Bonchev–Trinajstić information content (AvgIpc) is 2.70. The number of fused-ring (bicyclic) bond motifs is 1. The monoisotopic (exact) mass is 504 g/mol. The summed E-state index contributed by atoms with van der Waals surface area (Å²) < 4.78 is 40.7. The van der Waals surface area contributed by atoms with Crippen LogP contribution in [0.15, 0.2) is 30.3 Å². The van der Waals surface area contributed by atoms with Crippen molar-refractivity contribution >= 4 is 30.9 Å². The van der Waals surface area contributed by atoms with Gasteiger partial charge >= 0.3 is 6.09 Å². The first-order valence-corrected chi connectivity index (χ1v) is 15.3. The molecule has 0 radical (unpaired) electrons. The van der Waals surface area contributed by atoms with Crippen LogP contribution in [0, 0.1) is 11.6 Å². The molecule has 0 saturated heterocycles. The van der Waals surface area contributed by atoms with Gasteiger partial charge in [0, 0.05) is 17.4 Å². The lowest BCUT2D eigenvalue weighted by Crippen LogP contribution is -2.47. The zero-order valence-corrected chi connectivity index (χ0v) is 22.4. The van der Waals surface area contributed by atoms with E-state index >= 15 is 0 Å². The van der Waals surface area contributed by atoms with Crippen LogP contribution in [0.5, 0.6) is 5.75 Å². The molecule has 1 atom stereocenters. The summed E-state index contributed by atoms with van der Waals surface area (Å²) in [4.78, 5) is 27.9. The van der Waals surface area contributed by atoms with E-state index in [0.717, 1.165) is 17.7 Å². The van der Waals surface area contributed by atoms with E-state index in [2.05, 4.69) is 5.32 Å². The standard InChI is InChI=1S/C26H34F2N2O4Si/c1-8-33-18-9-10-19-16(13-18)11-12-30(25(32)34-26(2,3)4)22(19)24(31)29-17-14-20(27)23(21(28)15-17)35(5,6)7/h9-10,13-15,22H,8,11-12H2,1-7H3,(H,29,31)/t22-/m0/s1. The normalized spacial score (nSPS) is 15.9. The Balaban J connectivity index is 1.99. The van der Waals surface area contributed by atoms with Gasteiger partial charge in [0.25, 0.3) is 5.91 Å². The van der Waals surface area contributed by atoms with Crippen LogP contribution in [0.3, 0.4) is 0 Å². The predicted octanol–water partition coefficient (Wildman–Crippen LogP) is 5.38. The highest BCUT2D eigenvalue weighted by Gasteiger charge is 2.38. The van der Waals surface area contributed by atoms with Crippen LogP contribution in [-0.2, 0) is 16.0 Å². The second-order valence-corrected chi connectivity index (χ2v) is 15.7. The first-order chi connectivity index (χ1) is 16.2. The predicted molar refractivity (Wildman–Crippen MR) is 135 cm³/mol. The van der Waals surface area contributed by atoms with Gasteiger partial charge in [0.05, 0.1) is 14.7 Å². The molecule has 1 aliphatic heterocycles. The molecule has 0 aliphatic carbocycles. The first kappa shape index (κ1) is 26.7. The lowest BCUT2D eigenvalue weighted by molar-refractivity contribution is -0.122. The highest BCUT2D eigenvalue weighted by atomic mass is 28.3. The van der Waals surface area contributed by atoms with Gasteiger partial charge in [-0.3, -0.25) is 9.69 Å². The van der Waals surface area contributed by atoms with Crippen LogP contribution in [0.4, 0.5) is 19.3 Å². The second-order valence-electron chi connectivity index (χ2n) is 10.7. The van der Waals surface area contributed by atoms with Crippen LogP contribution < -0.4 is 15.2 Å². The van der Waals surface area contributed by atoms with Crippen molar-refractivity contribution in [2.24, 2.45) is 0 Å². The number of ether oxygens (including phenoxy) is 2. The zero-order valence-electron chi connectivity index (χ0n) is 21.4. The smallest absolute Gasteiger partial charge is 0.411 e. The van der Waals surface area contributed by atoms with Crippen molar-refractivity contribution in [2.75, 3.05) is 18.5 Å². The third-order valence-corrected chi connectivity index (χ3v) is 7.57. The largest absolute Gasteiger partial charge is 0.494 e. The number of anilines is 1. The number of benzene rings is 2. The Morgan fingerprint density at radius 2 is 1.74 bits per heavy atom. The molecule has 1 aliphatic rings. The van der Waals surface area contributed by atoms with Crippen molar-refractivity contribution < 1.29 is 27.8 Å². The van der Waals surface area contributed by atoms with Crippen molar-refractivity contribution in [1.82, 2.24) is 4.90 Å². The molecule has 0 aromatic heterocycles. The molecule has 0 fully saturated rings. The van der Waals surface area contributed by atoms with Gasteiger partial charge < -0.3 is 14.8 Å². The van der Waals surface area contributed by atoms with E-state index in [9.17, 15) is 18.4 Å². The van der Waals surface area contributed by atoms with E-state index in [-0.39, 0.29) is 17.4 Å². The molecule has 190 valence electrons. The van der Waals surface area contributed by atoms with Gasteiger partial charge in [-0.05, 0) is 69.5 Å². The first-order valence-electron chi connectivity index (χ1n) is 11.8. The Morgan fingerprint density at radius 1 is 1.11 bits per heavy atom. The zero-order chi connectivity index (χ0) is 26.1. The topological polar surface area (TPSA) is 67.9 Å². The maximum absolute atomic E-state index is 14.8. The summed E-state index contributed by atoms with van der Waals surface area (Å²) in [7, 11) is -2.27. The molecule has 6 nitrogen and oxygen atoms in total. The fourth-order valence-electron chi connectivity index (χ4n) is 4.23. The molecule has 9 heteroatoms. The van der Waals surface area contributed by atoms with Crippen molar-refractivity contribution in [2.45, 2.75) is 65.4 Å². The number of carbonyl (C=O) groups is 2. The third kappa shape index (κ3) is 6.20. The van der Waals surface area contributed by atoms with Crippen molar-refractivity contribution in [3.63, 3.8) is 0 Å². The van der Waals surface area contributed by atoms with E-state index in [0.29, 0.717) is 24.3 Å². The number of carbonyl (C=O) groups excluding carboxylic acids is 2. The molecule has 3 rings (SSSR count). The quantitative estimate of drug-likeness (QED) is 0.555. The average molecular weight is 505 g/mol. The van der Waals surface area contributed by atoms with Crippen LogP contribution in [-0.4, -0.2) is 43.7 Å². The minimum absolute atomic E-state index is 0.00537. The Morgan fingerprint density at radius 3 is 2.29 bits per heavy atom. The van der Waals surface area contributed by atoms with Crippen LogP contribution in [0.2, 0.25) is 19.6 Å². The Hall–Kier alpha value is -2.94. The summed E-state index contributed by atoms with van der Waals surface area (Å²) in [6, 6.07) is 6.57. The summed E-state index contributed by atoms with van der Waals surface area (Å²) in [6.45, 7) is 13.4. The minimum Gasteiger partial charge on any atom is -0.494 e. The molecule has 2 amide bonds. The van der Waals surface area contributed by atoms with Gasteiger partial charge in [-0.15, -0.1) is 0 Å². The van der Waals surface area contributed by atoms with Gasteiger partial charge in [0.15, 0.2) is 0 Å². The Labute approximate surface area is 206 Å². The van der Waals surface area contributed by atoms with Gasteiger partial charge in [0.2, 0.25) is 0 Å². The molecule has 1 N–H and O–H groups in total. The van der Waals surface area contributed by atoms with Crippen molar-refractivity contribution in [3.05, 3.63) is 53.1 Å². The summed E-state index contributed by atoms with van der Waals surface area (Å²) in [5.74, 6) is -1.29. The highest BCUT2D eigenvalue weighted by Crippen LogP contribution is 2.34. The fourth-order valence-corrected chi connectivity index (χ4v) is 5.81. The number of hydrogen-bond donors (Lipinski definition) is 1. The number of rotatable bonds is 5. The van der Waals surface area contributed by atoms with E-state index in [1.807, 2.05) is 32.6 Å². The highest BCUT2D eigenvalue weighted by molar-refractivity contribution is 6.88. The Kier molecular flexibility index (Phi) is 7.59. The molecule has 0 unspecified atom stereocenters. The van der Waals surface area contributed by atoms with Crippen LogP contribution >= 0.6 is 0 Å². The number of nitrogens with one attached hydrogen (secondary N) is 1. The minimum atomic E-state index is -2.27. The van der Waals surface area contributed by atoms with E-state index in [1.165, 1.54) is 4.90 Å². The van der Waals surface area contributed by atoms with Gasteiger partial charge in [0.1, 0.15) is 29.0 Å². The lowest BCUT2D eigenvalue weighted by atomic mass is 9.92. The van der Waals surface area contributed by atoms with Gasteiger partial charge in [-0.1, -0.05) is 25.7 Å². The summed E-state index contributed by atoms with van der Waals surface area (Å²) >= 11 is 0. The molecule has 1 heterocycles. The molecule has 0 bridgehead atoms. The summed E-state index contributed by atoms with van der Waals surface area (Å²) in [5.41, 5.74) is 0.718. The van der Waals surface area contributed by atoms with E-state index in [1.54, 1.807) is 32.9 Å². The van der Waals surface area contributed by atoms with Crippen molar-refractivity contribution in [3.8, 4) is 5.75 Å². The molecular weight excluding hydrogens is 470 g/mol. The lowest BCUT2D eigenvalue weighted by Gasteiger charge is -2.37. The number of hydrogen-bond acceptors (Lipinski definition) is 4. The maximum atomic E-state index is 14.8. The van der Waals surface area contributed by atoms with Crippen molar-refractivity contribution in [1.29, 1.82) is 0 Å². The SMILES string of the molecule is CCOc1ccc2c(c1)CCN(C(=O)OC(C)(C)C)[C@@H]2C(=O)Nc1cc(F)c([Si](C)(C)C)c(F)c1. The second kappa shape index (κ2) is 9.97. The molecule has 35 heavy (non-hydrogen) atoms. The van der Waals surface area contributed by atoms with Crippen LogP contribution in [0.1, 0.15) is 44.9 Å². The molecule has 2 aromatic rings. The van der Waals surface area contributed by atoms with Gasteiger partial charge in [-0.25, -0.2) is 13.6 Å². The van der Waals surface area contributed by atoms with E-state index in [4.69, 9.17) is 9.47 Å². The molecule has 0 saturated carbocycles. The molecule has 2 aromatic carbocycles. The van der Waals surface area contributed by atoms with Crippen LogP contribution in [0.25, 0.3) is 0 Å². The Bertz CT molecular complexity index is 1100. The summed E-state index contributed by atoms with van der Waals surface area (Å²) in [5, 5.41) is 2.70. The van der Waals surface area contributed by atoms with E-state index < -0.39 is 43.4 Å². The third-order valence-electron chi connectivity index (χ3n) is 5.59. The van der Waals surface area contributed by atoms with Gasteiger partial charge in [-0.2, -0.15) is 0 Å². The number of amides is 2. The number of halogens is 2. The number of nitrogens with zero attached hydrogens (tertiary/aromatic N) is 1. The molecule has 0 spiro atoms. The summed E-state index contributed by atoms with van der Waals surface area (Å²) in [6.07, 6.45) is -0.128. The maximum Gasteiger partial charge on any atom is 0.411 e. The fraction of sp³-hybridized carbons (Fsp3) is 0.462.